The number of amides is 1. The van der Waals surface area contributed by atoms with Crippen LogP contribution in [0.2, 0.25) is 0 Å². The van der Waals surface area contributed by atoms with Crippen LogP contribution in [0.25, 0.3) is 0 Å². The molecule has 1 atom stereocenters. The van der Waals surface area contributed by atoms with Gasteiger partial charge in [-0.05, 0) is 19.3 Å². The summed E-state index contributed by atoms with van der Waals surface area (Å²) in [5.74, 6) is 1.97. The molecule has 3 heterocycles. The first-order valence-electron chi connectivity index (χ1n) is 7.29. The Bertz CT molecular complexity index is 687. The third kappa shape index (κ3) is 2.35. The molecule has 1 aliphatic carbocycles. The van der Waals surface area contributed by atoms with Crippen molar-refractivity contribution in [3.8, 4) is 0 Å². The van der Waals surface area contributed by atoms with Crippen LogP contribution < -0.4 is 5.32 Å². The lowest BCUT2D eigenvalue weighted by Gasteiger charge is -2.22. The fraction of sp³-hybridized carbons (Fsp3) is 0.571. The molecule has 1 aliphatic heterocycles. The summed E-state index contributed by atoms with van der Waals surface area (Å²) in [4.78, 5) is 21.1. The second-order valence-electron chi connectivity index (χ2n) is 6.20. The van der Waals surface area contributed by atoms with Gasteiger partial charge in [0, 0.05) is 42.3 Å². The fourth-order valence-electron chi connectivity index (χ4n) is 2.72. The van der Waals surface area contributed by atoms with Gasteiger partial charge in [0.1, 0.15) is 5.82 Å². The average molecular weight is 303 g/mol. The van der Waals surface area contributed by atoms with Crippen LogP contribution in [0.15, 0.2) is 12.4 Å². The van der Waals surface area contributed by atoms with Crippen LogP contribution in [-0.4, -0.2) is 24.8 Å². The molecule has 1 saturated carbocycles. The molecule has 21 heavy (non-hydrogen) atoms. The van der Waals surface area contributed by atoms with E-state index in [-0.39, 0.29) is 17.2 Å². The van der Waals surface area contributed by atoms with Crippen LogP contribution >= 0.6 is 11.5 Å². The molecule has 0 radical (unpaired) electrons. The zero-order valence-corrected chi connectivity index (χ0v) is 12.7. The Hall–Kier alpha value is -1.76. The highest BCUT2D eigenvalue weighted by molar-refractivity contribution is 7.09. The van der Waals surface area contributed by atoms with Crippen LogP contribution in [0.3, 0.4) is 0 Å². The van der Waals surface area contributed by atoms with E-state index < -0.39 is 0 Å². The van der Waals surface area contributed by atoms with Gasteiger partial charge in [-0.1, -0.05) is 6.92 Å². The number of carbonyl (C=O) groups is 1. The van der Waals surface area contributed by atoms with E-state index in [1.54, 1.807) is 6.20 Å². The van der Waals surface area contributed by atoms with Gasteiger partial charge in [0.2, 0.25) is 11.0 Å². The number of aromatic nitrogens is 4. The highest BCUT2D eigenvalue weighted by Gasteiger charge is 2.43. The predicted octanol–water partition coefficient (Wildman–Crippen LogP) is 1.99. The Kier molecular flexibility index (Phi) is 2.85. The lowest BCUT2D eigenvalue weighted by molar-refractivity contribution is -0.120. The van der Waals surface area contributed by atoms with Crippen LogP contribution in [0.5, 0.6) is 0 Å². The molecule has 2 aromatic rings. The van der Waals surface area contributed by atoms with Gasteiger partial charge < -0.3 is 9.88 Å². The normalized spacial score (nSPS) is 22.6. The van der Waals surface area contributed by atoms with Crippen LogP contribution in [-0.2, 0) is 23.2 Å². The molecule has 2 aromatic heterocycles. The van der Waals surface area contributed by atoms with Crippen molar-refractivity contribution < 1.29 is 4.79 Å². The Labute approximate surface area is 126 Å². The number of carbonyl (C=O) groups excluding carboxylic acids is 1. The summed E-state index contributed by atoms with van der Waals surface area (Å²) in [7, 11) is 0. The second-order valence-corrected chi connectivity index (χ2v) is 6.96. The highest BCUT2D eigenvalue weighted by Crippen LogP contribution is 2.46. The topological polar surface area (TPSA) is 72.7 Å². The Morgan fingerprint density at radius 2 is 2.38 bits per heavy atom. The zero-order chi connectivity index (χ0) is 14.4. The molecule has 110 valence electrons. The van der Waals surface area contributed by atoms with Crippen LogP contribution in [0, 0.1) is 5.92 Å². The van der Waals surface area contributed by atoms with Crippen molar-refractivity contribution in [1.82, 2.24) is 18.9 Å². The van der Waals surface area contributed by atoms with E-state index in [9.17, 15) is 4.79 Å². The number of nitrogens with zero attached hydrogens (tertiary/aromatic N) is 4. The number of hydrogen-bond acceptors (Lipinski definition) is 5. The molecule has 1 unspecified atom stereocenters. The molecule has 0 bridgehead atoms. The summed E-state index contributed by atoms with van der Waals surface area (Å²) < 4.78 is 6.44. The molecule has 1 amide bonds. The summed E-state index contributed by atoms with van der Waals surface area (Å²) >= 11 is 1.28. The molecular formula is C14H17N5OS. The monoisotopic (exact) mass is 303 g/mol. The number of imidazole rings is 1. The van der Waals surface area contributed by atoms with E-state index in [1.165, 1.54) is 11.5 Å². The van der Waals surface area contributed by atoms with Crippen molar-refractivity contribution in [2.24, 2.45) is 5.92 Å². The van der Waals surface area contributed by atoms with Gasteiger partial charge in [-0.2, -0.15) is 4.37 Å². The van der Waals surface area contributed by atoms with E-state index >= 15 is 0 Å². The minimum atomic E-state index is -0.0180. The first-order chi connectivity index (χ1) is 10.1. The van der Waals surface area contributed by atoms with Crippen molar-refractivity contribution in [2.75, 3.05) is 5.32 Å². The lowest BCUT2D eigenvalue weighted by atomic mass is 9.99. The summed E-state index contributed by atoms with van der Waals surface area (Å²) in [6.45, 7) is 2.87. The number of anilines is 1. The van der Waals surface area contributed by atoms with Crippen molar-refractivity contribution in [1.29, 1.82) is 0 Å². The highest BCUT2D eigenvalue weighted by atomic mass is 32.1. The minimum absolute atomic E-state index is 0.0180. The molecule has 1 N–H and O–H groups in total. The number of fused-ring (bicyclic) bond motifs is 1. The summed E-state index contributed by atoms with van der Waals surface area (Å²) in [6.07, 6.45) is 7.71. The maximum absolute atomic E-state index is 12.4. The molecule has 7 heteroatoms. The van der Waals surface area contributed by atoms with Gasteiger partial charge in [0.05, 0.1) is 5.92 Å². The molecular weight excluding hydrogens is 286 g/mol. The first-order valence-corrected chi connectivity index (χ1v) is 8.06. The van der Waals surface area contributed by atoms with Gasteiger partial charge in [0.15, 0.2) is 5.82 Å². The molecule has 0 spiro atoms. The third-order valence-corrected chi connectivity index (χ3v) is 5.13. The molecule has 4 rings (SSSR count). The van der Waals surface area contributed by atoms with E-state index in [1.807, 2.05) is 6.20 Å². The standard InChI is InChI=1S/C14H17N5OS/c1-14(4-5-14)12-17-13(21-18-12)16-11(20)9-2-3-10-15-6-7-19(10)8-9/h6-7,9H,2-5,8H2,1H3,(H,16,17,18,20). The van der Waals surface area contributed by atoms with Gasteiger partial charge in [-0.25, -0.2) is 9.97 Å². The summed E-state index contributed by atoms with van der Waals surface area (Å²) in [5, 5.41) is 3.55. The smallest absolute Gasteiger partial charge is 0.231 e. The number of aryl methyl sites for hydroxylation is 1. The van der Waals surface area contributed by atoms with E-state index in [0.29, 0.717) is 11.7 Å². The van der Waals surface area contributed by atoms with Gasteiger partial charge in [0.25, 0.3) is 0 Å². The lowest BCUT2D eigenvalue weighted by Crippen LogP contribution is -2.31. The van der Waals surface area contributed by atoms with Gasteiger partial charge in [-0.3, -0.25) is 4.79 Å². The maximum Gasteiger partial charge on any atom is 0.231 e. The van der Waals surface area contributed by atoms with Crippen molar-refractivity contribution >= 4 is 22.6 Å². The fourth-order valence-corrected chi connectivity index (χ4v) is 3.43. The Morgan fingerprint density at radius 3 is 3.19 bits per heavy atom. The molecule has 0 aromatic carbocycles. The maximum atomic E-state index is 12.4. The average Bonchev–Trinajstić information content (AvgIpc) is 2.94. The summed E-state index contributed by atoms with van der Waals surface area (Å²) in [6, 6.07) is 0. The largest absolute Gasteiger partial charge is 0.334 e. The first kappa shape index (κ1) is 12.9. The number of nitrogens with one attached hydrogen (secondary N) is 1. The SMILES string of the molecule is CC1(c2nsc(NC(=O)C3CCc4nccn4C3)n2)CC1. The minimum Gasteiger partial charge on any atom is -0.334 e. The number of rotatable bonds is 3. The quantitative estimate of drug-likeness (QED) is 0.941. The van der Waals surface area contributed by atoms with Gasteiger partial charge in [-0.15, -0.1) is 0 Å². The van der Waals surface area contributed by atoms with Crippen LogP contribution in [0.1, 0.15) is 37.8 Å². The van der Waals surface area contributed by atoms with Crippen molar-refractivity contribution in [2.45, 2.75) is 44.6 Å². The predicted molar refractivity (Wildman–Crippen MR) is 79.2 cm³/mol. The summed E-state index contributed by atoms with van der Waals surface area (Å²) in [5.41, 5.74) is 0.149. The van der Waals surface area contributed by atoms with E-state index in [2.05, 4.69) is 31.1 Å². The van der Waals surface area contributed by atoms with E-state index in [4.69, 9.17) is 0 Å². The zero-order valence-electron chi connectivity index (χ0n) is 11.9. The van der Waals surface area contributed by atoms with E-state index in [0.717, 1.165) is 37.3 Å². The molecule has 1 fully saturated rings. The Balaban J connectivity index is 1.43. The van der Waals surface area contributed by atoms with Crippen LogP contribution in [0.4, 0.5) is 5.13 Å². The van der Waals surface area contributed by atoms with Gasteiger partial charge >= 0.3 is 0 Å². The third-order valence-electron chi connectivity index (χ3n) is 4.50. The number of hydrogen-bond donors (Lipinski definition) is 1. The molecule has 0 saturated heterocycles. The van der Waals surface area contributed by atoms with Crippen molar-refractivity contribution in [3.63, 3.8) is 0 Å². The second kappa shape index (κ2) is 4.62. The Morgan fingerprint density at radius 1 is 1.52 bits per heavy atom. The van der Waals surface area contributed by atoms with Crippen molar-refractivity contribution in [3.05, 3.63) is 24.0 Å². The molecule has 6 nitrogen and oxygen atoms in total. The molecule has 2 aliphatic rings.